The minimum absolute atomic E-state index is 0.192. The van der Waals surface area contributed by atoms with Crippen LogP contribution in [0.1, 0.15) is 42.5 Å². The topological polar surface area (TPSA) is 83.9 Å². The van der Waals surface area contributed by atoms with E-state index in [0.29, 0.717) is 30.2 Å². The number of alkyl halides is 2. The molecule has 0 fully saturated rings. The first-order valence-electron chi connectivity index (χ1n) is 10.3. The summed E-state index contributed by atoms with van der Waals surface area (Å²) in [6.07, 6.45) is 3.75. The van der Waals surface area contributed by atoms with Gasteiger partial charge in [0.05, 0.1) is 16.8 Å². The number of anilines is 1. The van der Waals surface area contributed by atoms with Crippen LogP contribution in [0.2, 0.25) is 0 Å². The van der Waals surface area contributed by atoms with E-state index in [2.05, 4.69) is 25.3 Å². The number of halogens is 2. The number of nitrogens with zero attached hydrogens (tertiary/aromatic N) is 5. The number of amides is 1. The molecule has 0 aliphatic rings. The molecule has 3 aromatic rings. The second kappa shape index (κ2) is 9.76. The number of carbonyl (C=O) groups excluding carboxylic acids is 1. The smallest absolute Gasteiger partial charge is 0.273 e. The summed E-state index contributed by atoms with van der Waals surface area (Å²) in [6.45, 7) is 7.16. The molecule has 0 aliphatic carbocycles. The summed E-state index contributed by atoms with van der Waals surface area (Å²) >= 11 is 0. The molecule has 168 valence electrons. The first kappa shape index (κ1) is 23.2. The zero-order valence-corrected chi connectivity index (χ0v) is 18.5. The van der Waals surface area contributed by atoms with Crippen molar-refractivity contribution in [1.82, 2.24) is 24.8 Å². The van der Waals surface area contributed by atoms with E-state index in [0.717, 1.165) is 24.9 Å². The van der Waals surface area contributed by atoms with E-state index in [4.69, 9.17) is 0 Å². The van der Waals surface area contributed by atoms with Gasteiger partial charge in [-0.3, -0.25) is 4.79 Å². The van der Waals surface area contributed by atoms with Crippen LogP contribution in [0.15, 0.2) is 48.9 Å². The quantitative estimate of drug-likeness (QED) is 0.562. The molecule has 0 bridgehead atoms. The highest BCUT2D eigenvalue weighted by atomic mass is 19.3. The maximum Gasteiger partial charge on any atom is 0.273 e. The summed E-state index contributed by atoms with van der Waals surface area (Å²) in [4.78, 5) is 31.7. The lowest BCUT2D eigenvalue weighted by atomic mass is 10.1. The van der Waals surface area contributed by atoms with Gasteiger partial charge in [0.15, 0.2) is 0 Å². The summed E-state index contributed by atoms with van der Waals surface area (Å²) in [7, 11) is 0. The predicted octanol–water partition coefficient (Wildman–Crippen LogP) is 4.32. The number of carbonyl (C=O) groups is 1. The van der Waals surface area contributed by atoms with Crippen molar-refractivity contribution in [2.75, 3.05) is 18.4 Å². The van der Waals surface area contributed by atoms with Crippen LogP contribution in [-0.4, -0.2) is 49.9 Å². The molecule has 3 rings (SSSR count). The Morgan fingerprint density at radius 2 is 1.78 bits per heavy atom. The van der Waals surface area contributed by atoms with E-state index < -0.39 is 5.92 Å². The van der Waals surface area contributed by atoms with Crippen LogP contribution in [0, 0.1) is 6.92 Å². The molecule has 0 saturated heterocycles. The average molecular weight is 440 g/mol. The first-order valence-corrected chi connectivity index (χ1v) is 10.3. The van der Waals surface area contributed by atoms with Crippen molar-refractivity contribution >= 4 is 11.9 Å². The molecule has 2 heterocycles. The van der Waals surface area contributed by atoms with Crippen LogP contribution in [0.3, 0.4) is 0 Å². The van der Waals surface area contributed by atoms with Crippen molar-refractivity contribution in [3.63, 3.8) is 0 Å². The Morgan fingerprint density at radius 1 is 1.12 bits per heavy atom. The first-order chi connectivity index (χ1) is 15.2. The molecule has 0 saturated carbocycles. The number of aryl methyl sites for hydroxylation is 1. The highest BCUT2D eigenvalue weighted by molar-refractivity contribution is 5.99. The number of hydrogen-bond donors (Lipinski definition) is 1. The second-order valence-electron chi connectivity index (χ2n) is 7.55. The highest BCUT2D eigenvalue weighted by Gasteiger charge is 2.26. The van der Waals surface area contributed by atoms with Gasteiger partial charge in [-0.1, -0.05) is 30.3 Å². The van der Waals surface area contributed by atoms with Crippen molar-refractivity contribution in [1.29, 1.82) is 0 Å². The predicted molar refractivity (Wildman–Crippen MR) is 118 cm³/mol. The van der Waals surface area contributed by atoms with Gasteiger partial charge < -0.3 is 10.2 Å². The van der Waals surface area contributed by atoms with E-state index in [-0.39, 0.29) is 23.5 Å². The van der Waals surface area contributed by atoms with Crippen molar-refractivity contribution < 1.29 is 13.6 Å². The standard InChI is InChI=1S/C23H26F2N6O/c1-5-31(15(2)11-27-22-28-12-18(13-29-22)23(4,24)25)21(32)19-14-26-16(3)30-20(19)17-9-7-6-8-10-17/h6-10,12-15H,5,11H2,1-4H3,(H,27,28,29)/t15-/m0/s1. The van der Waals surface area contributed by atoms with Gasteiger partial charge in [-0.25, -0.2) is 28.7 Å². The number of rotatable bonds is 8. The van der Waals surface area contributed by atoms with Gasteiger partial charge in [0, 0.05) is 50.2 Å². The van der Waals surface area contributed by atoms with Gasteiger partial charge in [-0.15, -0.1) is 0 Å². The third kappa shape index (κ3) is 5.40. The maximum absolute atomic E-state index is 13.4. The van der Waals surface area contributed by atoms with Gasteiger partial charge in [0.1, 0.15) is 5.82 Å². The normalized spacial score (nSPS) is 12.3. The Hall–Kier alpha value is -3.49. The van der Waals surface area contributed by atoms with Crippen LogP contribution in [0.25, 0.3) is 11.3 Å². The van der Waals surface area contributed by atoms with Crippen molar-refractivity contribution in [3.05, 3.63) is 65.9 Å². The highest BCUT2D eigenvalue weighted by Crippen LogP contribution is 2.26. The molecule has 0 spiro atoms. The zero-order chi connectivity index (χ0) is 23.3. The third-order valence-electron chi connectivity index (χ3n) is 5.03. The summed E-state index contributed by atoms with van der Waals surface area (Å²) in [6, 6.07) is 9.27. The SMILES string of the molecule is CCN(C(=O)c1cnc(C)nc1-c1ccccc1)[C@@H](C)CNc1ncc(C(C)(F)F)cn1. The molecular formula is C23H26F2N6O. The lowest BCUT2D eigenvalue weighted by Gasteiger charge is -2.29. The van der Waals surface area contributed by atoms with Gasteiger partial charge >= 0.3 is 0 Å². The van der Waals surface area contributed by atoms with E-state index in [9.17, 15) is 13.6 Å². The molecule has 0 unspecified atom stereocenters. The average Bonchev–Trinajstić information content (AvgIpc) is 2.78. The fourth-order valence-corrected chi connectivity index (χ4v) is 3.25. The molecule has 7 nitrogen and oxygen atoms in total. The molecule has 0 radical (unpaired) electrons. The molecule has 1 N–H and O–H groups in total. The Balaban J connectivity index is 1.76. The lowest BCUT2D eigenvalue weighted by Crippen LogP contribution is -2.42. The largest absolute Gasteiger partial charge is 0.352 e. The summed E-state index contributed by atoms with van der Waals surface area (Å²) in [5.74, 6) is -2.39. The van der Waals surface area contributed by atoms with Gasteiger partial charge in [0.25, 0.3) is 11.8 Å². The zero-order valence-electron chi connectivity index (χ0n) is 18.5. The molecule has 1 aromatic carbocycles. The van der Waals surface area contributed by atoms with E-state index >= 15 is 0 Å². The van der Waals surface area contributed by atoms with Crippen molar-refractivity contribution in [2.24, 2.45) is 0 Å². The number of likely N-dealkylation sites (N-methyl/N-ethyl adjacent to an activating group) is 1. The summed E-state index contributed by atoms with van der Waals surface area (Å²) < 4.78 is 26.7. The summed E-state index contributed by atoms with van der Waals surface area (Å²) in [5, 5.41) is 3.01. The summed E-state index contributed by atoms with van der Waals surface area (Å²) in [5.41, 5.74) is 1.58. The molecule has 9 heteroatoms. The van der Waals surface area contributed by atoms with Crippen LogP contribution in [0.5, 0.6) is 0 Å². The molecule has 0 aliphatic heterocycles. The number of hydrogen-bond acceptors (Lipinski definition) is 6. The monoisotopic (exact) mass is 440 g/mol. The van der Waals surface area contributed by atoms with E-state index in [1.165, 1.54) is 0 Å². The number of benzene rings is 1. The van der Waals surface area contributed by atoms with Crippen LogP contribution >= 0.6 is 0 Å². The lowest BCUT2D eigenvalue weighted by molar-refractivity contribution is 0.0167. The van der Waals surface area contributed by atoms with Gasteiger partial charge in [0.2, 0.25) is 5.95 Å². The fraction of sp³-hybridized carbons (Fsp3) is 0.348. The maximum atomic E-state index is 13.4. The fourth-order valence-electron chi connectivity index (χ4n) is 3.25. The van der Waals surface area contributed by atoms with Crippen LogP contribution in [0.4, 0.5) is 14.7 Å². The minimum atomic E-state index is -3.00. The Labute approximate surface area is 186 Å². The van der Waals surface area contributed by atoms with Crippen molar-refractivity contribution in [3.8, 4) is 11.3 Å². The number of aromatic nitrogens is 4. The molecule has 1 atom stereocenters. The Bertz CT molecular complexity index is 1050. The van der Waals surface area contributed by atoms with Crippen molar-refractivity contribution in [2.45, 2.75) is 39.7 Å². The Morgan fingerprint density at radius 3 is 2.38 bits per heavy atom. The molecule has 2 aromatic heterocycles. The second-order valence-corrected chi connectivity index (χ2v) is 7.55. The minimum Gasteiger partial charge on any atom is -0.352 e. The Kier molecular flexibility index (Phi) is 7.07. The van der Waals surface area contributed by atoms with Crippen LogP contribution in [-0.2, 0) is 5.92 Å². The molecular weight excluding hydrogens is 414 g/mol. The van der Waals surface area contributed by atoms with Crippen LogP contribution < -0.4 is 5.32 Å². The molecule has 32 heavy (non-hydrogen) atoms. The molecule has 1 amide bonds. The third-order valence-corrected chi connectivity index (χ3v) is 5.03. The van der Waals surface area contributed by atoms with E-state index in [1.54, 1.807) is 18.0 Å². The number of nitrogens with one attached hydrogen (secondary N) is 1. The van der Waals surface area contributed by atoms with Gasteiger partial charge in [-0.2, -0.15) is 0 Å². The van der Waals surface area contributed by atoms with E-state index in [1.807, 2.05) is 44.2 Å². The van der Waals surface area contributed by atoms with Gasteiger partial charge in [-0.05, 0) is 20.8 Å².